The highest BCUT2D eigenvalue weighted by Gasteiger charge is 2.37. The Kier molecular flexibility index (Phi) is 4.99. The maximum atomic E-state index is 13.1. The monoisotopic (exact) mass is 412 g/mol. The number of hydrogen-bond donors (Lipinski definition) is 1. The Balaban J connectivity index is 1.67. The summed E-state index contributed by atoms with van der Waals surface area (Å²) >= 11 is 0. The lowest BCUT2D eigenvalue weighted by Gasteiger charge is -2.17. The number of imide groups is 1. The lowest BCUT2D eigenvalue weighted by molar-refractivity contribution is 0.0923. The predicted octanol–water partition coefficient (Wildman–Crippen LogP) is 4.56. The molecule has 6 nitrogen and oxygen atoms in total. The smallest absolute Gasteiger partial charge is 0.266 e. The third-order valence-electron chi connectivity index (χ3n) is 5.31. The van der Waals surface area contributed by atoms with Gasteiger partial charge in [-0.3, -0.25) is 19.2 Å². The number of carbonyl (C=O) groups excluding carboxylic acids is 4. The van der Waals surface area contributed by atoms with Crippen molar-refractivity contribution in [2.75, 3.05) is 10.2 Å². The van der Waals surface area contributed by atoms with E-state index in [2.05, 4.69) is 5.32 Å². The molecule has 0 saturated carbocycles. The van der Waals surface area contributed by atoms with Crippen LogP contribution in [0.25, 0.3) is 0 Å². The maximum Gasteiger partial charge on any atom is 0.266 e. The van der Waals surface area contributed by atoms with Gasteiger partial charge in [0.05, 0.1) is 22.5 Å². The lowest BCUT2D eigenvalue weighted by atomic mass is 10.0. The van der Waals surface area contributed by atoms with Crippen LogP contribution in [0.3, 0.4) is 0 Å². The summed E-state index contributed by atoms with van der Waals surface area (Å²) in [7, 11) is 0. The third kappa shape index (κ3) is 3.53. The van der Waals surface area contributed by atoms with Crippen molar-refractivity contribution in [2.24, 2.45) is 0 Å². The van der Waals surface area contributed by atoms with E-state index in [9.17, 15) is 19.2 Å². The summed E-state index contributed by atoms with van der Waals surface area (Å²) in [5.41, 5.74) is 3.71. The Morgan fingerprint density at radius 1 is 0.839 bits per heavy atom. The van der Waals surface area contributed by atoms with Crippen LogP contribution in [-0.4, -0.2) is 23.5 Å². The topological polar surface area (TPSA) is 83.6 Å². The maximum absolute atomic E-state index is 13.1. The number of aryl methyl sites for hydroxylation is 2. The summed E-state index contributed by atoms with van der Waals surface area (Å²) < 4.78 is 0. The van der Waals surface area contributed by atoms with Crippen molar-refractivity contribution in [1.29, 1.82) is 0 Å². The fraction of sp³-hybridized carbons (Fsp3) is 0.120. The number of para-hydroxylation sites is 1. The van der Waals surface area contributed by atoms with Crippen molar-refractivity contribution in [3.63, 3.8) is 0 Å². The number of ketones is 1. The number of anilines is 2. The largest absolute Gasteiger partial charge is 0.321 e. The molecule has 0 radical (unpaired) electrons. The van der Waals surface area contributed by atoms with E-state index in [0.717, 1.165) is 16.0 Å². The van der Waals surface area contributed by atoms with Crippen molar-refractivity contribution >= 4 is 34.9 Å². The van der Waals surface area contributed by atoms with E-state index in [-0.39, 0.29) is 22.5 Å². The van der Waals surface area contributed by atoms with Crippen molar-refractivity contribution < 1.29 is 19.2 Å². The summed E-state index contributed by atoms with van der Waals surface area (Å²) in [5, 5.41) is 2.72. The zero-order valence-corrected chi connectivity index (χ0v) is 17.4. The molecule has 1 aliphatic rings. The van der Waals surface area contributed by atoms with Crippen molar-refractivity contribution in [3.05, 3.63) is 94.0 Å². The standard InChI is InChI=1S/C25H20N2O4/c1-14-8-9-15(2)22(12-14)27-24(30)19-11-10-17(13-20(19)25(27)31)23(29)26-21-7-5-4-6-18(21)16(3)28/h4-13H,1-3H3,(H,26,29). The molecule has 3 aromatic carbocycles. The zero-order valence-electron chi connectivity index (χ0n) is 17.4. The molecule has 0 bridgehead atoms. The Morgan fingerprint density at radius 2 is 1.55 bits per heavy atom. The average molecular weight is 412 g/mol. The van der Waals surface area contributed by atoms with Gasteiger partial charge in [-0.25, -0.2) is 4.90 Å². The number of carbonyl (C=O) groups is 4. The molecule has 31 heavy (non-hydrogen) atoms. The summed E-state index contributed by atoms with van der Waals surface area (Å²) in [5.74, 6) is -1.52. The Labute approximate surface area is 179 Å². The number of fused-ring (bicyclic) bond motifs is 1. The van der Waals surface area contributed by atoms with Gasteiger partial charge in [-0.15, -0.1) is 0 Å². The number of benzene rings is 3. The van der Waals surface area contributed by atoms with Gasteiger partial charge in [0.15, 0.2) is 5.78 Å². The highest BCUT2D eigenvalue weighted by atomic mass is 16.2. The molecule has 0 atom stereocenters. The number of nitrogens with zero attached hydrogens (tertiary/aromatic N) is 1. The second-order valence-electron chi connectivity index (χ2n) is 7.55. The zero-order chi connectivity index (χ0) is 22.3. The molecule has 1 N–H and O–H groups in total. The minimum atomic E-state index is -0.470. The molecular formula is C25H20N2O4. The van der Waals surface area contributed by atoms with Crippen LogP contribution < -0.4 is 10.2 Å². The quantitative estimate of drug-likeness (QED) is 0.503. The van der Waals surface area contributed by atoms with Gasteiger partial charge in [0.2, 0.25) is 0 Å². The Morgan fingerprint density at radius 3 is 2.29 bits per heavy atom. The molecule has 3 aromatic rings. The molecule has 0 spiro atoms. The van der Waals surface area contributed by atoms with Crippen LogP contribution in [0, 0.1) is 13.8 Å². The normalized spacial score (nSPS) is 12.7. The van der Waals surface area contributed by atoms with Gasteiger partial charge < -0.3 is 5.32 Å². The van der Waals surface area contributed by atoms with Gasteiger partial charge >= 0.3 is 0 Å². The molecule has 0 unspecified atom stereocenters. The molecule has 3 amide bonds. The van der Waals surface area contributed by atoms with Crippen molar-refractivity contribution in [2.45, 2.75) is 20.8 Å². The van der Waals surface area contributed by atoms with Crippen molar-refractivity contribution in [3.8, 4) is 0 Å². The molecule has 0 fully saturated rings. The summed E-state index contributed by atoms with van der Waals surface area (Å²) in [4.78, 5) is 51.8. The van der Waals surface area contributed by atoms with Crippen LogP contribution in [0.15, 0.2) is 60.7 Å². The van der Waals surface area contributed by atoms with Crippen LogP contribution in [0.1, 0.15) is 59.5 Å². The number of amides is 3. The fourth-order valence-corrected chi connectivity index (χ4v) is 3.65. The first-order chi connectivity index (χ1) is 14.8. The van der Waals surface area contributed by atoms with E-state index in [1.165, 1.54) is 25.1 Å². The molecule has 0 saturated heterocycles. The van der Waals surface area contributed by atoms with Crippen LogP contribution in [-0.2, 0) is 0 Å². The molecule has 0 aliphatic carbocycles. The second kappa shape index (κ2) is 7.65. The molecule has 6 heteroatoms. The molecular weight excluding hydrogens is 392 g/mol. The second-order valence-corrected chi connectivity index (χ2v) is 7.55. The molecule has 154 valence electrons. The van der Waals surface area contributed by atoms with Crippen LogP contribution in [0.2, 0.25) is 0 Å². The van der Waals surface area contributed by atoms with Crippen LogP contribution in [0.5, 0.6) is 0 Å². The number of rotatable bonds is 4. The molecule has 1 heterocycles. The third-order valence-corrected chi connectivity index (χ3v) is 5.31. The van der Waals surface area contributed by atoms with Crippen LogP contribution >= 0.6 is 0 Å². The molecule has 4 rings (SSSR count). The number of hydrogen-bond acceptors (Lipinski definition) is 4. The van der Waals surface area contributed by atoms with E-state index < -0.39 is 17.7 Å². The SMILES string of the molecule is CC(=O)c1ccccc1NC(=O)c1ccc2c(c1)C(=O)N(c1cc(C)ccc1C)C2=O. The summed E-state index contributed by atoms with van der Waals surface area (Å²) in [6.45, 7) is 5.15. The van der Waals surface area contributed by atoms with E-state index in [4.69, 9.17) is 0 Å². The highest BCUT2D eigenvalue weighted by molar-refractivity contribution is 6.35. The minimum Gasteiger partial charge on any atom is -0.321 e. The summed E-state index contributed by atoms with van der Waals surface area (Å²) in [6.07, 6.45) is 0. The number of Topliss-reactive ketones (excluding diaryl/α,β-unsaturated/α-hetero) is 1. The number of nitrogens with one attached hydrogen (secondary N) is 1. The van der Waals surface area contributed by atoms with Gasteiger partial charge in [-0.1, -0.05) is 24.3 Å². The van der Waals surface area contributed by atoms with E-state index in [0.29, 0.717) is 16.9 Å². The summed E-state index contributed by atoms with van der Waals surface area (Å²) in [6, 6.07) is 16.7. The minimum absolute atomic E-state index is 0.171. The van der Waals surface area contributed by atoms with Gasteiger partial charge in [-0.2, -0.15) is 0 Å². The van der Waals surface area contributed by atoms with E-state index in [1.807, 2.05) is 26.0 Å². The van der Waals surface area contributed by atoms with Gasteiger partial charge in [0.25, 0.3) is 17.7 Å². The van der Waals surface area contributed by atoms with Gasteiger partial charge in [-0.05, 0) is 68.3 Å². The van der Waals surface area contributed by atoms with Crippen molar-refractivity contribution in [1.82, 2.24) is 0 Å². The first-order valence-corrected chi connectivity index (χ1v) is 9.79. The Bertz CT molecular complexity index is 1280. The first-order valence-electron chi connectivity index (χ1n) is 9.79. The molecule has 0 aromatic heterocycles. The average Bonchev–Trinajstić information content (AvgIpc) is 3.00. The molecule has 1 aliphatic heterocycles. The van der Waals surface area contributed by atoms with Gasteiger partial charge in [0, 0.05) is 11.1 Å². The lowest BCUT2D eigenvalue weighted by Crippen LogP contribution is -2.30. The highest BCUT2D eigenvalue weighted by Crippen LogP contribution is 2.32. The fourth-order valence-electron chi connectivity index (χ4n) is 3.65. The predicted molar refractivity (Wildman–Crippen MR) is 118 cm³/mol. The first kappa shape index (κ1) is 20.2. The van der Waals surface area contributed by atoms with Gasteiger partial charge in [0.1, 0.15) is 0 Å². The van der Waals surface area contributed by atoms with E-state index >= 15 is 0 Å². The van der Waals surface area contributed by atoms with Crippen LogP contribution in [0.4, 0.5) is 11.4 Å². The Hall–Kier alpha value is -4.06. The van der Waals surface area contributed by atoms with E-state index in [1.54, 1.807) is 30.3 Å².